The van der Waals surface area contributed by atoms with E-state index in [1.807, 2.05) is 13.8 Å². The van der Waals surface area contributed by atoms with Gasteiger partial charge in [0.1, 0.15) is 0 Å². The zero-order valence-electron chi connectivity index (χ0n) is 14.1. The Balaban J connectivity index is 1.68. The molecule has 0 saturated carbocycles. The van der Waals surface area contributed by atoms with Crippen LogP contribution in [-0.2, 0) is 4.74 Å². The summed E-state index contributed by atoms with van der Waals surface area (Å²) in [4.78, 5) is 5.24. The fourth-order valence-electron chi connectivity index (χ4n) is 4.73. The van der Waals surface area contributed by atoms with Crippen LogP contribution in [0.4, 0.5) is 0 Å². The number of aliphatic hydroxyl groups excluding tert-OH is 1. The molecule has 0 bridgehead atoms. The van der Waals surface area contributed by atoms with Crippen molar-refractivity contribution in [3.05, 3.63) is 0 Å². The van der Waals surface area contributed by atoms with Gasteiger partial charge in [-0.2, -0.15) is 0 Å². The minimum absolute atomic E-state index is 0.195. The van der Waals surface area contributed by atoms with Crippen molar-refractivity contribution in [1.29, 1.82) is 0 Å². The Morgan fingerprint density at radius 3 is 2.43 bits per heavy atom. The summed E-state index contributed by atoms with van der Waals surface area (Å²) >= 11 is 0. The number of hydrogen-bond donors (Lipinski definition) is 1. The van der Waals surface area contributed by atoms with Crippen LogP contribution in [0, 0.1) is 5.92 Å². The van der Waals surface area contributed by atoms with Gasteiger partial charge in [-0.05, 0) is 66.6 Å². The zero-order chi connectivity index (χ0) is 15.3. The second-order valence-electron chi connectivity index (χ2n) is 8.31. The van der Waals surface area contributed by atoms with Crippen molar-refractivity contribution in [2.45, 2.75) is 70.3 Å². The number of aliphatic hydroxyl groups is 1. The Kier molecular flexibility index (Phi) is 4.11. The van der Waals surface area contributed by atoms with Gasteiger partial charge in [-0.3, -0.25) is 4.90 Å². The maximum absolute atomic E-state index is 10.7. The van der Waals surface area contributed by atoms with E-state index in [9.17, 15) is 5.11 Å². The quantitative estimate of drug-likeness (QED) is 0.842. The molecule has 3 fully saturated rings. The number of nitrogens with zero attached hydrogens (tertiary/aromatic N) is 2. The molecule has 122 valence electrons. The first-order valence-corrected chi connectivity index (χ1v) is 8.64. The van der Waals surface area contributed by atoms with E-state index in [0.29, 0.717) is 0 Å². The average molecular weight is 296 g/mol. The van der Waals surface area contributed by atoms with Crippen molar-refractivity contribution < 1.29 is 9.84 Å². The molecule has 0 amide bonds. The smallest absolute Gasteiger partial charge is 0.0896 e. The van der Waals surface area contributed by atoms with Crippen LogP contribution in [0.3, 0.4) is 0 Å². The standard InChI is InChI=1S/C17H32N2O2/c1-16(2)14(15(20)17(3,4)21-16)12-18-8-6-10-19-9-5-7-13(19)11-18/h13-15,20H,5-12H2,1-4H3. The van der Waals surface area contributed by atoms with Crippen molar-refractivity contribution in [2.24, 2.45) is 5.92 Å². The number of hydrogen-bond acceptors (Lipinski definition) is 4. The normalized spacial score (nSPS) is 40.1. The molecule has 4 heteroatoms. The van der Waals surface area contributed by atoms with Crippen LogP contribution in [0.15, 0.2) is 0 Å². The van der Waals surface area contributed by atoms with E-state index in [1.54, 1.807) is 0 Å². The molecular weight excluding hydrogens is 264 g/mol. The second-order valence-corrected chi connectivity index (χ2v) is 8.31. The summed E-state index contributed by atoms with van der Waals surface area (Å²) in [5.41, 5.74) is -0.677. The molecule has 0 aromatic heterocycles. The van der Waals surface area contributed by atoms with Gasteiger partial charge in [-0.15, -0.1) is 0 Å². The molecule has 3 rings (SSSR count). The highest BCUT2D eigenvalue weighted by atomic mass is 16.5. The zero-order valence-corrected chi connectivity index (χ0v) is 14.1. The Bertz CT molecular complexity index is 383. The number of ether oxygens (including phenoxy) is 1. The average Bonchev–Trinajstić information content (AvgIpc) is 2.78. The topological polar surface area (TPSA) is 35.9 Å². The van der Waals surface area contributed by atoms with Gasteiger partial charge in [-0.25, -0.2) is 0 Å². The highest BCUT2D eigenvalue weighted by Crippen LogP contribution is 2.42. The van der Waals surface area contributed by atoms with Crippen LogP contribution in [0.5, 0.6) is 0 Å². The number of rotatable bonds is 2. The van der Waals surface area contributed by atoms with Gasteiger partial charge in [-0.1, -0.05) is 0 Å². The lowest BCUT2D eigenvalue weighted by Crippen LogP contribution is -2.45. The van der Waals surface area contributed by atoms with E-state index in [-0.39, 0.29) is 17.6 Å². The minimum Gasteiger partial charge on any atom is -0.390 e. The monoisotopic (exact) mass is 296 g/mol. The summed E-state index contributed by atoms with van der Waals surface area (Å²) in [6.45, 7) is 14.1. The van der Waals surface area contributed by atoms with Crippen molar-refractivity contribution in [1.82, 2.24) is 9.80 Å². The van der Waals surface area contributed by atoms with Crippen molar-refractivity contribution >= 4 is 0 Å². The van der Waals surface area contributed by atoms with Crippen LogP contribution < -0.4 is 0 Å². The van der Waals surface area contributed by atoms with Gasteiger partial charge < -0.3 is 14.7 Å². The predicted octanol–water partition coefficient (Wildman–Crippen LogP) is 1.72. The largest absolute Gasteiger partial charge is 0.390 e. The lowest BCUT2D eigenvalue weighted by atomic mass is 9.84. The maximum atomic E-state index is 10.7. The summed E-state index contributed by atoms with van der Waals surface area (Å²) in [5, 5.41) is 10.7. The molecule has 0 radical (unpaired) electrons. The second kappa shape index (κ2) is 5.48. The van der Waals surface area contributed by atoms with E-state index < -0.39 is 5.60 Å². The Morgan fingerprint density at radius 2 is 1.76 bits per heavy atom. The summed E-state index contributed by atoms with van der Waals surface area (Å²) in [6, 6.07) is 0.739. The van der Waals surface area contributed by atoms with Gasteiger partial charge in [0.05, 0.1) is 17.3 Å². The van der Waals surface area contributed by atoms with Crippen LogP contribution in [0.25, 0.3) is 0 Å². The Morgan fingerprint density at radius 1 is 1.05 bits per heavy atom. The van der Waals surface area contributed by atoms with Gasteiger partial charge >= 0.3 is 0 Å². The van der Waals surface area contributed by atoms with Crippen LogP contribution in [-0.4, -0.2) is 71.0 Å². The molecular formula is C17H32N2O2. The summed E-state index contributed by atoms with van der Waals surface area (Å²) in [5.74, 6) is 0.195. The van der Waals surface area contributed by atoms with Crippen molar-refractivity contribution in [3.63, 3.8) is 0 Å². The molecule has 3 aliphatic rings. The third-order valence-corrected chi connectivity index (χ3v) is 5.86. The SMILES string of the molecule is CC1(C)OC(C)(C)C(CN2CCCN3CCCC3C2)C1O. The van der Waals surface area contributed by atoms with E-state index in [1.165, 1.54) is 38.9 Å². The molecule has 3 unspecified atom stereocenters. The van der Waals surface area contributed by atoms with E-state index in [0.717, 1.165) is 19.1 Å². The van der Waals surface area contributed by atoms with Crippen LogP contribution in [0.1, 0.15) is 47.0 Å². The van der Waals surface area contributed by atoms with Gasteiger partial charge in [0.15, 0.2) is 0 Å². The lowest BCUT2D eigenvalue weighted by Gasteiger charge is -2.33. The van der Waals surface area contributed by atoms with Gasteiger partial charge in [0.25, 0.3) is 0 Å². The molecule has 1 N–H and O–H groups in total. The van der Waals surface area contributed by atoms with Crippen molar-refractivity contribution in [3.8, 4) is 0 Å². The maximum Gasteiger partial charge on any atom is 0.0896 e. The summed E-state index contributed by atoms with van der Waals surface area (Å²) in [6.07, 6.45) is 3.57. The highest BCUT2D eigenvalue weighted by Gasteiger charge is 2.53. The first kappa shape index (κ1) is 15.7. The van der Waals surface area contributed by atoms with Gasteiger partial charge in [0.2, 0.25) is 0 Å². The molecule has 0 spiro atoms. The third kappa shape index (κ3) is 3.00. The highest BCUT2D eigenvalue weighted by molar-refractivity contribution is 5.02. The molecule has 0 aromatic carbocycles. The molecule has 3 aliphatic heterocycles. The van der Waals surface area contributed by atoms with E-state index >= 15 is 0 Å². The first-order valence-electron chi connectivity index (χ1n) is 8.64. The number of fused-ring (bicyclic) bond motifs is 1. The summed E-state index contributed by atoms with van der Waals surface area (Å²) < 4.78 is 6.13. The van der Waals surface area contributed by atoms with E-state index in [2.05, 4.69) is 23.6 Å². The third-order valence-electron chi connectivity index (χ3n) is 5.86. The predicted molar refractivity (Wildman–Crippen MR) is 84.4 cm³/mol. The van der Waals surface area contributed by atoms with Gasteiger partial charge in [0, 0.05) is 25.0 Å². The summed E-state index contributed by atoms with van der Waals surface area (Å²) in [7, 11) is 0. The minimum atomic E-state index is -0.431. The molecule has 3 atom stereocenters. The lowest BCUT2D eigenvalue weighted by molar-refractivity contribution is -0.0913. The molecule has 4 nitrogen and oxygen atoms in total. The molecule has 3 heterocycles. The van der Waals surface area contributed by atoms with Crippen molar-refractivity contribution in [2.75, 3.05) is 32.7 Å². The molecule has 0 aromatic rings. The fourth-order valence-corrected chi connectivity index (χ4v) is 4.73. The Labute approximate surface area is 129 Å². The first-order chi connectivity index (χ1) is 9.79. The van der Waals surface area contributed by atoms with Crippen LogP contribution >= 0.6 is 0 Å². The Hall–Kier alpha value is -0.160. The fraction of sp³-hybridized carbons (Fsp3) is 1.00. The van der Waals surface area contributed by atoms with Crippen LogP contribution in [0.2, 0.25) is 0 Å². The van der Waals surface area contributed by atoms with E-state index in [4.69, 9.17) is 4.74 Å². The molecule has 3 saturated heterocycles. The molecule has 0 aliphatic carbocycles. The molecule has 21 heavy (non-hydrogen) atoms.